The average Bonchev–Trinajstić information content (AvgIpc) is 2.67. The summed E-state index contributed by atoms with van der Waals surface area (Å²) in [5.41, 5.74) is 0.896. The van der Waals surface area contributed by atoms with Crippen molar-refractivity contribution in [3.63, 3.8) is 0 Å². The van der Waals surface area contributed by atoms with Crippen molar-refractivity contribution in [3.05, 3.63) is 24.0 Å². The highest BCUT2D eigenvalue weighted by Gasteiger charge is 2.22. The summed E-state index contributed by atoms with van der Waals surface area (Å²) < 4.78 is 5.44. The van der Waals surface area contributed by atoms with Gasteiger partial charge in [0.25, 0.3) is 0 Å². The van der Waals surface area contributed by atoms with Crippen LogP contribution in [0.2, 0.25) is 0 Å². The van der Waals surface area contributed by atoms with E-state index in [-0.39, 0.29) is 0 Å². The molecule has 1 atom stereocenters. The smallest absolute Gasteiger partial charge is 0.137 e. The van der Waals surface area contributed by atoms with Crippen LogP contribution in [0.15, 0.2) is 18.5 Å². The third kappa shape index (κ3) is 3.45. The zero-order chi connectivity index (χ0) is 12.8. The summed E-state index contributed by atoms with van der Waals surface area (Å²) in [6.45, 7) is 2.58. The summed E-state index contributed by atoms with van der Waals surface area (Å²) in [6.07, 6.45) is 10.4. The van der Waals surface area contributed by atoms with Crippen LogP contribution in [0, 0.1) is 5.92 Å². The maximum atomic E-state index is 10.5. The van der Waals surface area contributed by atoms with Gasteiger partial charge in [-0.3, -0.25) is 4.98 Å². The molecule has 1 aliphatic carbocycles. The van der Waals surface area contributed by atoms with Gasteiger partial charge in [-0.05, 0) is 31.7 Å². The van der Waals surface area contributed by atoms with E-state index in [9.17, 15) is 5.11 Å². The Morgan fingerprint density at radius 2 is 2.00 bits per heavy atom. The molecule has 1 aliphatic rings. The van der Waals surface area contributed by atoms with Crippen molar-refractivity contribution in [2.45, 2.75) is 51.6 Å². The molecule has 1 aromatic rings. The standard InChI is InChI=1S/C15H23NO2/c1-2-18-14-9-13(10-16-11-14)15(17)12-7-5-3-4-6-8-12/h9-12,15,17H,2-8H2,1H3. The van der Waals surface area contributed by atoms with E-state index in [1.165, 1.54) is 25.7 Å². The Labute approximate surface area is 109 Å². The van der Waals surface area contributed by atoms with Crippen LogP contribution >= 0.6 is 0 Å². The highest BCUT2D eigenvalue weighted by atomic mass is 16.5. The third-order valence-corrected chi connectivity index (χ3v) is 3.73. The molecule has 0 bridgehead atoms. The number of aliphatic hydroxyl groups is 1. The maximum Gasteiger partial charge on any atom is 0.137 e. The molecular weight excluding hydrogens is 226 g/mol. The molecule has 0 aliphatic heterocycles. The molecule has 3 heteroatoms. The van der Waals surface area contributed by atoms with E-state index in [4.69, 9.17) is 4.74 Å². The highest BCUT2D eigenvalue weighted by Crippen LogP contribution is 2.34. The van der Waals surface area contributed by atoms with Crippen LogP contribution in [-0.4, -0.2) is 16.7 Å². The Morgan fingerprint density at radius 1 is 1.28 bits per heavy atom. The van der Waals surface area contributed by atoms with Gasteiger partial charge in [-0.15, -0.1) is 0 Å². The highest BCUT2D eigenvalue weighted by molar-refractivity contribution is 5.25. The summed E-state index contributed by atoms with van der Waals surface area (Å²) in [4.78, 5) is 4.16. The van der Waals surface area contributed by atoms with Crippen molar-refractivity contribution in [1.29, 1.82) is 0 Å². The van der Waals surface area contributed by atoms with Crippen molar-refractivity contribution in [1.82, 2.24) is 4.98 Å². The normalized spacial score (nSPS) is 19.2. The topological polar surface area (TPSA) is 42.4 Å². The molecule has 1 aromatic heterocycles. The first kappa shape index (κ1) is 13.3. The molecule has 2 rings (SSSR count). The molecule has 1 fully saturated rings. The van der Waals surface area contributed by atoms with Crippen molar-refractivity contribution in [3.8, 4) is 5.75 Å². The lowest BCUT2D eigenvalue weighted by atomic mass is 9.90. The minimum absolute atomic E-state index is 0.381. The van der Waals surface area contributed by atoms with E-state index >= 15 is 0 Å². The Morgan fingerprint density at radius 3 is 2.67 bits per heavy atom. The van der Waals surface area contributed by atoms with Gasteiger partial charge in [-0.1, -0.05) is 25.7 Å². The second-order valence-electron chi connectivity index (χ2n) is 5.08. The number of rotatable bonds is 4. The Bertz CT molecular complexity index is 359. The quantitative estimate of drug-likeness (QED) is 0.831. The van der Waals surface area contributed by atoms with Crippen molar-refractivity contribution in [2.75, 3.05) is 6.61 Å². The van der Waals surface area contributed by atoms with Crippen molar-refractivity contribution >= 4 is 0 Å². The number of aromatic nitrogens is 1. The van der Waals surface area contributed by atoms with E-state index in [2.05, 4.69) is 4.98 Å². The molecule has 100 valence electrons. The molecule has 1 saturated carbocycles. The van der Waals surface area contributed by atoms with Gasteiger partial charge >= 0.3 is 0 Å². The van der Waals surface area contributed by atoms with Crippen LogP contribution in [0.4, 0.5) is 0 Å². The second-order valence-corrected chi connectivity index (χ2v) is 5.08. The summed E-state index contributed by atoms with van der Waals surface area (Å²) in [5.74, 6) is 1.13. The number of aliphatic hydroxyl groups excluding tert-OH is 1. The van der Waals surface area contributed by atoms with Gasteiger partial charge in [0.1, 0.15) is 5.75 Å². The summed E-state index contributed by atoms with van der Waals surface area (Å²) >= 11 is 0. The molecule has 0 spiro atoms. The average molecular weight is 249 g/mol. The zero-order valence-corrected chi connectivity index (χ0v) is 11.1. The lowest BCUT2D eigenvalue weighted by Crippen LogP contribution is -2.12. The van der Waals surface area contributed by atoms with Crippen molar-refractivity contribution in [2.24, 2.45) is 5.92 Å². The lowest BCUT2D eigenvalue weighted by molar-refractivity contribution is 0.0981. The molecule has 0 radical (unpaired) electrons. The third-order valence-electron chi connectivity index (χ3n) is 3.73. The van der Waals surface area contributed by atoms with E-state index in [1.807, 2.05) is 13.0 Å². The molecular formula is C15H23NO2. The molecule has 1 N–H and O–H groups in total. The van der Waals surface area contributed by atoms with Gasteiger partial charge in [0.15, 0.2) is 0 Å². The molecule has 18 heavy (non-hydrogen) atoms. The van der Waals surface area contributed by atoms with Crippen LogP contribution in [0.3, 0.4) is 0 Å². The van der Waals surface area contributed by atoms with Crippen molar-refractivity contribution < 1.29 is 9.84 Å². The molecule has 0 aromatic carbocycles. The molecule has 1 unspecified atom stereocenters. The van der Waals surface area contributed by atoms with Gasteiger partial charge < -0.3 is 9.84 Å². The largest absolute Gasteiger partial charge is 0.492 e. The van der Waals surface area contributed by atoms with E-state index < -0.39 is 6.10 Å². The molecule has 0 amide bonds. The van der Waals surface area contributed by atoms with E-state index in [0.717, 1.165) is 24.2 Å². The number of pyridine rings is 1. The molecule has 3 nitrogen and oxygen atoms in total. The van der Waals surface area contributed by atoms with Crippen LogP contribution in [-0.2, 0) is 0 Å². The fourth-order valence-corrected chi connectivity index (χ4v) is 2.74. The van der Waals surface area contributed by atoms with Gasteiger partial charge in [-0.25, -0.2) is 0 Å². The van der Waals surface area contributed by atoms with Crippen LogP contribution in [0.5, 0.6) is 5.75 Å². The van der Waals surface area contributed by atoms with Crippen LogP contribution < -0.4 is 4.74 Å². The Balaban J connectivity index is 2.06. The predicted molar refractivity (Wildman–Crippen MR) is 71.6 cm³/mol. The van der Waals surface area contributed by atoms with Gasteiger partial charge in [0.2, 0.25) is 0 Å². The van der Waals surface area contributed by atoms with Crippen LogP contribution in [0.25, 0.3) is 0 Å². The Hall–Kier alpha value is -1.09. The summed E-state index contributed by atoms with van der Waals surface area (Å²) in [6, 6.07) is 1.92. The lowest BCUT2D eigenvalue weighted by Gasteiger charge is -2.21. The second kappa shape index (κ2) is 6.74. The minimum atomic E-state index is -0.393. The fraction of sp³-hybridized carbons (Fsp3) is 0.667. The summed E-state index contributed by atoms with van der Waals surface area (Å²) in [7, 11) is 0. The maximum absolute atomic E-state index is 10.5. The Kier molecular flexibility index (Phi) is 5.00. The fourth-order valence-electron chi connectivity index (χ4n) is 2.74. The number of ether oxygens (including phenoxy) is 1. The van der Waals surface area contributed by atoms with E-state index in [1.54, 1.807) is 12.4 Å². The number of hydrogen-bond donors (Lipinski definition) is 1. The first-order chi connectivity index (χ1) is 8.81. The van der Waals surface area contributed by atoms with Gasteiger partial charge in [0, 0.05) is 11.8 Å². The predicted octanol–water partition coefficient (Wildman–Crippen LogP) is 3.48. The summed E-state index contributed by atoms with van der Waals surface area (Å²) in [5, 5.41) is 10.5. The minimum Gasteiger partial charge on any atom is -0.492 e. The number of nitrogens with zero attached hydrogens (tertiary/aromatic N) is 1. The SMILES string of the molecule is CCOc1cncc(C(O)C2CCCCCC2)c1. The first-order valence-electron chi connectivity index (χ1n) is 7.07. The van der Waals surface area contributed by atoms with Gasteiger partial charge in [-0.2, -0.15) is 0 Å². The first-order valence-corrected chi connectivity index (χ1v) is 7.07. The van der Waals surface area contributed by atoms with Gasteiger partial charge in [0.05, 0.1) is 18.9 Å². The van der Waals surface area contributed by atoms with Crippen LogP contribution in [0.1, 0.15) is 57.1 Å². The number of hydrogen-bond acceptors (Lipinski definition) is 3. The monoisotopic (exact) mass is 249 g/mol. The molecule has 1 heterocycles. The zero-order valence-electron chi connectivity index (χ0n) is 11.1. The van der Waals surface area contributed by atoms with E-state index in [0.29, 0.717) is 12.5 Å². The molecule has 0 saturated heterocycles.